The summed E-state index contributed by atoms with van der Waals surface area (Å²) < 4.78 is 0. The van der Waals surface area contributed by atoms with Gasteiger partial charge in [0.25, 0.3) is 0 Å². The highest BCUT2D eigenvalue weighted by molar-refractivity contribution is 5.35. The first-order valence-corrected chi connectivity index (χ1v) is 6.11. The van der Waals surface area contributed by atoms with Gasteiger partial charge < -0.3 is 11.1 Å². The molecule has 2 rings (SSSR count). The number of rotatable bonds is 4. The monoisotopic (exact) mass is 219 g/mol. The van der Waals surface area contributed by atoms with Crippen LogP contribution < -0.4 is 11.1 Å². The van der Waals surface area contributed by atoms with Gasteiger partial charge in [-0.1, -0.05) is 18.9 Å². The van der Waals surface area contributed by atoms with E-state index in [2.05, 4.69) is 23.3 Å². The highest BCUT2D eigenvalue weighted by Crippen LogP contribution is 2.37. The van der Waals surface area contributed by atoms with Crippen LogP contribution in [0.5, 0.6) is 0 Å². The third kappa shape index (κ3) is 2.53. The van der Waals surface area contributed by atoms with Crippen molar-refractivity contribution < 1.29 is 0 Å². The van der Waals surface area contributed by atoms with E-state index in [9.17, 15) is 0 Å². The van der Waals surface area contributed by atoms with Gasteiger partial charge in [0.2, 0.25) is 0 Å². The Morgan fingerprint density at radius 1 is 1.38 bits per heavy atom. The zero-order chi connectivity index (χ0) is 11.4. The van der Waals surface area contributed by atoms with E-state index in [4.69, 9.17) is 5.73 Å². The third-order valence-electron chi connectivity index (χ3n) is 3.65. The van der Waals surface area contributed by atoms with Crippen molar-refractivity contribution >= 4 is 5.82 Å². The summed E-state index contributed by atoms with van der Waals surface area (Å²) in [5.41, 5.74) is 7.40. The van der Waals surface area contributed by atoms with E-state index < -0.39 is 0 Å². The zero-order valence-corrected chi connectivity index (χ0v) is 10.00. The Labute approximate surface area is 97.5 Å². The summed E-state index contributed by atoms with van der Waals surface area (Å²) in [7, 11) is 0. The van der Waals surface area contributed by atoms with Gasteiger partial charge in [0.15, 0.2) is 0 Å². The van der Waals surface area contributed by atoms with Crippen molar-refractivity contribution in [3.63, 3.8) is 0 Å². The molecular formula is C13H21N3. The molecule has 3 N–H and O–H groups in total. The Morgan fingerprint density at radius 3 is 2.69 bits per heavy atom. The number of hydrogen-bond acceptors (Lipinski definition) is 3. The van der Waals surface area contributed by atoms with Crippen molar-refractivity contribution in [3.8, 4) is 0 Å². The summed E-state index contributed by atoms with van der Waals surface area (Å²) in [6.07, 6.45) is 7.04. The maximum Gasteiger partial charge on any atom is 0.125 e. The fourth-order valence-electron chi connectivity index (χ4n) is 2.43. The molecule has 1 fully saturated rings. The lowest BCUT2D eigenvalue weighted by Gasteiger charge is -2.27. The molecule has 0 saturated heterocycles. The number of aryl methyl sites for hydroxylation is 1. The first kappa shape index (κ1) is 11.4. The number of nitrogens with zero attached hydrogens (tertiary/aromatic N) is 1. The third-order valence-corrected chi connectivity index (χ3v) is 3.65. The molecule has 0 spiro atoms. The van der Waals surface area contributed by atoms with Gasteiger partial charge in [-0.3, -0.25) is 0 Å². The Morgan fingerprint density at radius 2 is 2.12 bits per heavy atom. The van der Waals surface area contributed by atoms with Gasteiger partial charge in [0.05, 0.1) is 0 Å². The van der Waals surface area contributed by atoms with E-state index in [-0.39, 0.29) is 0 Å². The molecule has 1 aliphatic rings. The van der Waals surface area contributed by atoms with Crippen LogP contribution in [0.15, 0.2) is 18.3 Å². The van der Waals surface area contributed by atoms with Crippen LogP contribution in [0.4, 0.5) is 5.82 Å². The number of nitrogens with two attached hydrogens (primary N) is 1. The molecule has 0 atom stereocenters. The van der Waals surface area contributed by atoms with Crippen molar-refractivity contribution in [1.82, 2.24) is 4.98 Å². The molecule has 3 nitrogen and oxygen atoms in total. The van der Waals surface area contributed by atoms with Gasteiger partial charge in [-0.25, -0.2) is 4.98 Å². The topological polar surface area (TPSA) is 50.9 Å². The van der Waals surface area contributed by atoms with E-state index >= 15 is 0 Å². The summed E-state index contributed by atoms with van der Waals surface area (Å²) in [6, 6.07) is 4.12. The van der Waals surface area contributed by atoms with Gasteiger partial charge in [-0.05, 0) is 43.4 Å². The standard InChI is InChI=1S/C13H21N3/c1-11-4-5-12(15-8-11)16-10-13(9-14)6-2-3-7-13/h4-5,8H,2-3,6-7,9-10,14H2,1H3,(H,15,16). The Kier molecular flexibility index (Phi) is 3.44. The van der Waals surface area contributed by atoms with Crippen LogP contribution in [0, 0.1) is 12.3 Å². The molecule has 0 unspecified atom stereocenters. The van der Waals surface area contributed by atoms with Crippen molar-refractivity contribution in [2.45, 2.75) is 32.6 Å². The summed E-state index contributed by atoms with van der Waals surface area (Å²) in [5.74, 6) is 0.963. The van der Waals surface area contributed by atoms with E-state index in [1.807, 2.05) is 12.3 Å². The normalized spacial score (nSPS) is 18.6. The Bertz CT molecular complexity index is 326. The van der Waals surface area contributed by atoms with Crippen molar-refractivity contribution in [1.29, 1.82) is 0 Å². The maximum atomic E-state index is 5.90. The van der Waals surface area contributed by atoms with Crippen molar-refractivity contribution in [2.24, 2.45) is 11.1 Å². The number of pyridine rings is 1. The lowest BCUT2D eigenvalue weighted by atomic mass is 9.86. The second-order valence-corrected chi connectivity index (χ2v) is 4.99. The number of aromatic nitrogens is 1. The highest BCUT2D eigenvalue weighted by Gasteiger charge is 2.32. The van der Waals surface area contributed by atoms with Crippen LogP contribution in [-0.4, -0.2) is 18.1 Å². The number of anilines is 1. The molecule has 88 valence electrons. The first-order valence-electron chi connectivity index (χ1n) is 6.11. The van der Waals surface area contributed by atoms with Gasteiger partial charge in [0, 0.05) is 12.7 Å². The molecule has 1 saturated carbocycles. The van der Waals surface area contributed by atoms with Gasteiger partial charge in [0.1, 0.15) is 5.82 Å². The van der Waals surface area contributed by atoms with Crippen LogP contribution in [0.25, 0.3) is 0 Å². The van der Waals surface area contributed by atoms with Crippen LogP contribution in [0.2, 0.25) is 0 Å². The molecule has 1 aromatic heterocycles. The van der Waals surface area contributed by atoms with Crippen LogP contribution >= 0.6 is 0 Å². The fraction of sp³-hybridized carbons (Fsp3) is 0.615. The summed E-state index contributed by atoms with van der Waals surface area (Å²) in [6.45, 7) is 3.79. The molecule has 0 aromatic carbocycles. The molecule has 16 heavy (non-hydrogen) atoms. The second kappa shape index (κ2) is 4.83. The molecule has 0 aliphatic heterocycles. The summed E-state index contributed by atoms with van der Waals surface area (Å²) >= 11 is 0. The quantitative estimate of drug-likeness (QED) is 0.817. The molecule has 0 amide bonds. The van der Waals surface area contributed by atoms with Crippen LogP contribution in [-0.2, 0) is 0 Å². The van der Waals surface area contributed by atoms with Gasteiger partial charge in [-0.15, -0.1) is 0 Å². The Hall–Kier alpha value is -1.09. The van der Waals surface area contributed by atoms with Gasteiger partial charge in [-0.2, -0.15) is 0 Å². The highest BCUT2D eigenvalue weighted by atomic mass is 15.0. The lowest BCUT2D eigenvalue weighted by Crippen LogP contribution is -2.34. The minimum atomic E-state index is 0.312. The second-order valence-electron chi connectivity index (χ2n) is 4.99. The van der Waals surface area contributed by atoms with E-state index in [1.54, 1.807) is 0 Å². The summed E-state index contributed by atoms with van der Waals surface area (Å²) in [5, 5.41) is 3.41. The molecule has 0 radical (unpaired) electrons. The van der Waals surface area contributed by atoms with Crippen LogP contribution in [0.3, 0.4) is 0 Å². The predicted molar refractivity (Wildman–Crippen MR) is 67.4 cm³/mol. The Balaban J connectivity index is 1.93. The first-order chi connectivity index (χ1) is 7.74. The van der Waals surface area contributed by atoms with Crippen LogP contribution in [0.1, 0.15) is 31.2 Å². The largest absolute Gasteiger partial charge is 0.369 e. The van der Waals surface area contributed by atoms with Gasteiger partial charge >= 0.3 is 0 Å². The maximum absolute atomic E-state index is 5.90. The number of nitrogens with one attached hydrogen (secondary N) is 1. The van der Waals surface area contributed by atoms with Crippen molar-refractivity contribution in [2.75, 3.05) is 18.4 Å². The summed E-state index contributed by atoms with van der Waals surface area (Å²) in [4.78, 5) is 4.35. The molecule has 1 heterocycles. The zero-order valence-electron chi connectivity index (χ0n) is 10.00. The lowest BCUT2D eigenvalue weighted by molar-refractivity contribution is 0.332. The SMILES string of the molecule is Cc1ccc(NCC2(CN)CCCC2)nc1. The van der Waals surface area contributed by atoms with Crippen molar-refractivity contribution in [3.05, 3.63) is 23.9 Å². The molecule has 1 aliphatic carbocycles. The minimum Gasteiger partial charge on any atom is -0.369 e. The minimum absolute atomic E-state index is 0.312. The molecule has 3 heteroatoms. The molecular weight excluding hydrogens is 198 g/mol. The molecule has 0 bridgehead atoms. The van der Waals surface area contributed by atoms with E-state index in [0.29, 0.717) is 5.41 Å². The predicted octanol–water partition coefficient (Wildman–Crippen LogP) is 2.32. The average molecular weight is 219 g/mol. The smallest absolute Gasteiger partial charge is 0.125 e. The van der Waals surface area contributed by atoms with E-state index in [1.165, 1.54) is 31.2 Å². The van der Waals surface area contributed by atoms with E-state index in [0.717, 1.165) is 18.9 Å². The fourth-order valence-corrected chi connectivity index (χ4v) is 2.43. The number of hydrogen-bond donors (Lipinski definition) is 2. The molecule has 1 aromatic rings. The average Bonchev–Trinajstić information content (AvgIpc) is 2.78.